The van der Waals surface area contributed by atoms with Gasteiger partial charge in [-0.05, 0) is 0 Å². The number of rotatable bonds is 7. The van der Waals surface area contributed by atoms with E-state index in [9.17, 15) is 9.59 Å². The van der Waals surface area contributed by atoms with Crippen LogP contribution in [0.25, 0.3) is 0 Å². The molecule has 3 N–H and O–H groups in total. The third kappa shape index (κ3) is 5.75. The number of aliphatic carboxylic acids is 1. The first-order valence-corrected chi connectivity index (χ1v) is 4.97. The van der Waals surface area contributed by atoms with Crippen molar-refractivity contribution >= 4 is 12.0 Å². The molecule has 0 atom stereocenters. The molecule has 0 radical (unpaired) electrons. The van der Waals surface area contributed by atoms with Crippen molar-refractivity contribution in [3.05, 3.63) is 0 Å². The highest BCUT2D eigenvalue weighted by atomic mass is 16.4. The van der Waals surface area contributed by atoms with Crippen LogP contribution in [0.5, 0.6) is 0 Å². The van der Waals surface area contributed by atoms with Crippen molar-refractivity contribution in [1.29, 1.82) is 0 Å². The zero-order chi connectivity index (χ0) is 13.3. The minimum Gasteiger partial charge on any atom is -0.480 e. The summed E-state index contributed by atoms with van der Waals surface area (Å²) >= 11 is 0. The lowest BCUT2D eigenvalue weighted by molar-refractivity contribution is -0.137. The summed E-state index contributed by atoms with van der Waals surface area (Å²) < 4.78 is 0. The van der Waals surface area contributed by atoms with Gasteiger partial charge >= 0.3 is 12.0 Å². The van der Waals surface area contributed by atoms with Crippen LogP contribution in [0.2, 0.25) is 0 Å². The molecule has 0 aromatic carbocycles. The number of carbonyl (C=O) groups is 2. The average Bonchev–Trinajstić information content (AvgIpc) is 2.27. The summed E-state index contributed by atoms with van der Waals surface area (Å²) in [6.45, 7) is -1.18. The second kappa shape index (κ2) is 8.38. The zero-order valence-corrected chi connectivity index (χ0v) is 9.37. The third-order valence-corrected chi connectivity index (χ3v) is 1.89. The fourth-order valence-electron chi connectivity index (χ4n) is 1.21. The molecule has 0 fully saturated rings. The number of carboxylic acids is 1. The molecular formula is C10H16N2O5. The molecule has 0 aliphatic heterocycles. The Kier molecular flexibility index (Phi) is 7.50. The lowest BCUT2D eigenvalue weighted by Gasteiger charge is -2.27. The minimum atomic E-state index is -1.18. The molecule has 2 amide bonds. The topological polar surface area (TPSA) is 101 Å². The fraction of sp³-hybridized carbons (Fsp3) is 0.600. The van der Waals surface area contributed by atoms with E-state index in [4.69, 9.17) is 21.7 Å². The van der Waals surface area contributed by atoms with E-state index in [1.807, 2.05) is 0 Å². The van der Waals surface area contributed by atoms with Crippen LogP contribution < -0.4 is 0 Å². The maximum Gasteiger partial charge on any atom is 0.323 e. The van der Waals surface area contributed by atoms with Crippen LogP contribution in [0, 0.1) is 12.3 Å². The number of aliphatic hydroxyl groups is 2. The lowest BCUT2D eigenvalue weighted by atomic mass is 10.4. The number of hydrogen-bond donors (Lipinski definition) is 3. The molecule has 0 aromatic heterocycles. The van der Waals surface area contributed by atoms with Crippen LogP contribution in [0.15, 0.2) is 0 Å². The van der Waals surface area contributed by atoms with Crippen molar-refractivity contribution in [2.45, 2.75) is 0 Å². The van der Waals surface area contributed by atoms with Crippen molar-refractivity contribution < 1.29 is 24.9 Å². The first-order valence-electron chi connectivity index (χ1n) is 4.97. The van der Waals surface area contributed by atoms with E-state index >= 15 is 0 Å². The molecule has 0 bridgehead atoms. The maximum atomic E-state index is 11.8. The largest absolute Gasteiger partial charge is 0.480 e. The van der Waals surface area contributed by atoms with Gasteiger partial charge in [-0.1, -0.05) is 5.92 Å². The molecule has 0 aromatic rings. The predicted octanol–water partition coefficient (Wildman–Crippen LogP) is -1.59. The van der Waals surface area contributed by atoms with E-state index in [1.54, 1.807) is 0 Å². The summed E-state index contributed by atoms with van der Waals surface area (Å²) in [5.41, 5.74) is 0. The van der Waals surface area contributed by atoms with E-state index < -0.39 is 18.5 Å². The Bertz CT molecular complexity index is 294. The summed E-state index contributed by atoms with van der Waals surface area (Å²) in [7, 11) is 0. The molecule has 0 heterocycles. The summed E-state index contributed by atoms with van der Waals surface area (Å²) in [5, 5.41) is 26.1. The number of carboxylic acid groups (broad SMARTS) is 1. The Morgan fingerprint density at radius 3 is 2.00 bits per heavy atom. The van der Waals surface area contributed by atoms with Crippen molar-refractivity contribution in [1.82, 2.24) is 9.80 Å². The number of carbonyl (C=O) groups excluding carboxylic acids is 1. The SMILES string of the molecule is C#CCN(CC(=O)O)C(=O)N(CCO)CCO. The second-order valence-corrected chi connectivity index (χ2v) is 3.17. The normalized spacial score (nSPS) is 9.47. The quantitative estimate of drug-likeness (QED) is 0.469. The van der Waals surface area contributed by atoms with Crippen molar-refractivity contribution in [2.24, 2.45) is 0 Å². The molecule has 0 saturated carbocycles. The molecule has 0 saturated heterocycles. The molecule has 7 nitrogen and oxygen atoms in total. The summed E-state index contributed by atoms with van der Waals surface area (Å²) in [6.07, 6.45) is 5.04. The van der Waals surface area contributed by atoms with E-state index in [1.165, 1.54) is 0 Å². The van der Waals surface area contributed by atoms with Crippen LogP contribution in [-0.4, -0.2) is 76.5 Å². The van der Waals surface area contributed by atoms with Gasteiger partial charge in [-0.2, -0.15) is 0 Å². The minimum absolute atomic E-state index is 0.0140. The number of hydrogen-bond acceptors (Lipinski definition) is 4. The summed E-state index contributed by atoms with van der Waals surface area (Å²) in [6, 6.07) is -0.617. The van der Waals surface area contributed by atoms with Gasteiger partial charge in [0.1, 0.15) is 6.54 Å². The molecule has 7 heteroatoms. The summed E-state index contributed by atoms with van der Waals surface area (Å²) in [4.78, 5) is 24.5. The molecule has 0 spiro atoms. The fourth-order valence-corrected chi connectivity index (χ4v) is 1.21. The maximum absolute atomic E-state index is 11.8. The van der Waals surface area contributed by atoms with Gasteiger partial charge < -0.3 is 25.1 Å². The first-order chi connectivity index (χ1) is 8.06. The van der Waals surface area contributed by atoms with Gasteiger partial charge in [-0.25, -0.2) is 4.79 Å². The van der Waals surface area contributed by atoms with Crippen LogP contribution in [0.3, 0.4) is 0 Å². The van der Waals surface area contributed by atoms with Crippen molar-refractivity contribution in [3.8, 4) is 12.3 Å². The molecule has 0 unspecified atom stereocenters. The van der Waals surface area contributed by atoms with Crippen LogP contribution >= 0.6 is 0 Å². The molecule has 0 aliphatic rings. The Morgan fingerprint density at radius 1 is 1.12 bits per heavy atom. The van der Waals surface area contributed by atoms with Gasteiger partial charge in [-0.15, -0.1) is 6.42 Å². The molecule has 96 valence electrons. The Labute approximate surface area is 99.2 Å². The van der Waals surface area contributed by atoms with Crippen molar-refractivity contribution in [2.75, 3.05) is 39.4 Å². The van der Waals surface area contributed by atoms with Crippen LogP contribution in [0.1, 0.15) is 0 Å². The van der Waals surface area contributed by atoms with E-state index in [0.717, 1.165) is 9.80 Å². The highest BCUT2D eigenvalue weighted by Crippen LogP contribution is 1.99. The number of nitrogens with zero attached hydrogens (tertiary/aromatic N) is 2. The van der Waals surface area contributed by atoms with E-state index in [0.29, 0.717) is 0 Å². The number of amides is 2. The van der Waals surface area contributed by atoms with Gasteiger partial charge in [0.05, 0.1) is 19.8 Å². The van der Waals surface area contributed by atoms with Gasteiger partial charge in [0.25, 0.3) is 0 Å². The van der Waals surface area contributed by atoms with Gasteiger partial charge in [0.15, 0.2) is 0 Å². The third-order valence-electron chi connectivity index (χ3n) is 1.89. The zero-order valence-electron chi connectivity index (χ0n) is 9.37. The predicted molar refractivity (Wildman–Crippen MR) is 59.2 cm³/mol. The van der Waals surface area contributed by atoms with Gasteiger partial charge in [0, 0.05) is 13.1 Å². The molecule has 0 rings (SSSR count). The Balaban J connectivity index is 4.64. The van der Waals surface area contributed by atoms with E-state index in [-0.39, 0.29) is 32.8 Å². The average molecular weight is 244 g/mol. The highest BCUT2D eigenvalue weighted by Gasteiger charge is 2.21. The van der Waals surface area contributed by atoms with Crippen LogP contribution in [-0.2, 0) is 4.79 Å². The number of urea groups is 1. The standard InChI is InChI=1S/C10H16N2O5/c1-2-3-12(8-9(15)16)10(17)11(4-6-13)5-7-14/h1,13-14H,3-8H2,(H,15,16). The number of terminal acetylenes is 1. The Hall–Kier alpha value is -1.78. The monoisotopic (exact) mass is 244 g/mol. The smallest absolute Gasteiger partial charge is 0.323 e. The van der Waals surface area contributed by atoms with Gasteiger partial charge in [0.2, 0.25) is 0 Å². The Morgan fingerprint density at radius 2 is 1.65 bits per heavy atom. The highest BCUT2D eigenvalue weighted by molar-refractivity contribution is 5.80. The van der Waals surface area contributed by atoms with Gasteiger partial charge in [-0.3, -0.25) is 4.79 Å². The summed E-state index contributed by atoms with van der Waals surface area (Å²) in [5.74, 6) is 1.00. The molecule has 0 aliphatic carbocycles. The van der Waals surface area contributed by atoms with E-state index in [2.05, 4.69) is 5.92 Å². The first kappa shape index (κ1) is 15.2. The lowest BCUT2D eigenvalue weighted by Crippen LogP contribution is -2.47. The second-order valence-electron chi connectivity index (χ2n) is 3.17. The molecule has 17 heavy (non-hydrogen) atoms. The molecular weight excluding hydrogens is 228 g/mol. The van der Waals surface area contributed by atoms with Crippen LogP contribution in [0.4, 0.5) is 4.79 Å². The van der Waals surface area contributed by atoms with Crippen molar-refractivity contribution in [3.63, 3.8) is 0 Å². The number of aliphatic hydroxyl groups excluding tert-OH is 2.